The zero-order chi connectivity index (χ0) is 34.3. The average molecular weight is 667 g/mol. The number of likely N-dealkylation sites (N-methyl/N-ethyl adjacent to an activating group) is 1. The van der Waals surface area contributed by atoms with Crippen molar-refractivity contribution in [1.29, 1.82) is 0 Å². The first-order valence-corrected chi connectivity index (χ1v) is 18.2. The van der Waals surface area contributed by atoms with E-state index in [1.54, 1.807) is 6.07 Å². The fraction of sp³-hybridized carbons (Fsp3) is 0.543. The van der Waals surface area contributed by atoms with E-state index >= 15 is 0 Å². The molecule has 11 nitrogen and oxygen atoms in total. The molecule has 47 heavy (non-hydrogen) atoms. The summed E-state index contributed by atoms with van der Waals surface area (Å²) < 4.78 is 34.4. The molecule has 1 atom stereocenters. The zero-order valence-electron chi connectivity index (χ0n) is 29.0. The highest BCUT2D eigenvalue weighted by atomic mass is 32.2. The number of rotatable bonds is 9. The first-order chi connectivity index (χ1) is 22.1. The number of anilines is 2. The second-order valence-corrected chi connectivity index (χ2v) is 16.1. The Morgan fingerprint density at radius 1 is 1.02 bits per heavy atom. The number of hydrogen-bond donors (Lipinski definition) is 2. The Morgan fingerprint density at radius 3 is 2.30 bits per heavy atom. The van der Waals surface area contributed by atoms with Gasteiger partial charge < -0.3 is 24.4 Å². The number of aryl methyl sites for hydroxylation is 1. The van der Waals surface area contributed by atoms with E-state index in [4.69, 9.17) is 4.74 Å². The summed E-state index contributed by atoms with van der Waals surface area (Å²) in [6.45, 7) is 10.2. The number of amides is 2. The molecule has 3 heterocycles. The number of ether oxygens (including phenoxy) is 1. The fourth-order valence-electron chi connectivity index (χ4n) is 6.88. The predicted octanol–water partition coefficient (Wildman–Crippen LogP) is 4.48. The monoisotopic (exact) mass is 666 g/mol. The first kappa shape index (κ1) is 34.7. The Balaban J connectivity index is 1.33. The summed E-state index contributed by atoms with van der Waals surface area (Å²) >= 11 is 0. The molecule has 12 heteroatoms. The van der Waals surface area contributed by atoms with E-state index < -0.39 is 10.0 Å². The van der Waals surface area contributed by atoms with Crippen LogP contribution in [0.1, 0.15) is 61.6 Å². The number of likely N-dealkylation sites (tertiary alicyclic amines) is 2. The molecular formula is C35H50N6O5S. The molecule has 1 aromatic heterocycles. The van der Waals surface area contributed by atoms with Crippen LogP contribution in [0.4, 0.5) is 11.4 Å². The van der Waals surface area contributed by atoms with E-state index in [9.17, 15) is 18.0 Å². The Bertz CT molecular complexity index is 1750. The van der Waals surface area contributed by atoms with E-state index in [2.05, 4.69) is 44.9 Å². The number of hydrogen-bond acceptors (Lipinski definition) is 7. The van der Waals surface area contributed by atoms with E-state index in [0.717, 1.165) is 80.3 Å². The van der Waals surface area contributed by atoms with Gasteiger partial charge in [0.25, 0.3) is 5.91 Å². The van der Waals surface area contributed by atoms with Crippen molar-refractivity contribution in [3.05, 3.63) is 53.2 Å². The maximum atomic E-state index is 13.8. The van der Waals surface area contributed by atoms with Crippen molar-refractivity contribution in [3.8, 4) is 5.75 Å². The Kier molecular flexibility index (Phi) is 9.96. The number of para-hydroxylation sites is 1. The van der Waals surface area contributed by atoms with Crippen LogP contribution in [0, 0.1) is 5.92 Å². The van der Waals surface area contributed by atoms with Crippen molar-refractivity contribution >= 4 is 44.1 Å². The highest BCUT2D eigenvalue weighted by Crippen LogP contribution is 2.39. The van der Waals surface area contributed by atoms with Gasteiger partial charge in [-0.1, -0.05) is 39.0 Å². The molecule has 0 bridgehead atoms. The van der Waals surface area contributed by atoms with Gasteiger partial charge in [-0.05, 0) is 81.2 Å². The number of methoxy groups -OCH3 is 1. The summed E-state index contributed by atoms with van der Waals surface area (Å²) in [5.74, 6) is 0.288. The summed E-state index contributed by atoms with van der Waals surface area (Å²) in [5.41, 5.74) is 3.73. The van der Waals surface area contributed by atoms with Crippen LogP contribution >= 0.6 is 0 Å². The van der Waals surface area contributed by atoms with Gasteiger partial charge in [0.1, 0.15) is 5.69 Å². The smallest absolute Gasteiger partial charge is 0.272 e. The van der Waals surface area contributed by atoms with Crippen molar-refractivity contribution in [2.24, 2.45) is 13.0 Å². The van der Waals surface area contributed by atoms with Gasteiger partial charge in [0, 0.05) is 44.0 Å². The number of nitrogens with one attached hydrogen (secondary N) is 2. The van der Waals surface area contributed by atoms with Crippen molar-refractivity contribution in [3.63, 3.8) is 0 Å². The quantitative estimate of drug-likeness (QED) is 0.346. The largest absolute Gasteiger partial charge is 0.492 e. The lowest BCUT2D eigenvalue weighted by Crippen LogP contribution is -2.42. The molecule has 0 unspecified atom stereocenters. The van der Waals surface area contributed by atoms with Gasteiger partial charge in [0.15, 0.2) is 5.75 Å². The Hall–Kier alpha value is -3.61. The minimum absolute atomic E-state index is 0.0789. The van der Waals surface area contributed by atoms with Crippen LogP contribution in [0.3, 0.4) is 0 Å². The number of piperidine rings is 1. The van der Waals surface area contributed by atoms with E-state index in [1.165, 1.54) is 7.11 Å². The van der Waals surface area contributed by atoms with Gasteiger partial charge in [-0.15, -0.1) is 0 Å². The molecule has 2 saturated heterocycles. The highest BCUT2D eigenvalue weighted by Gasteiger charge is 2.33. The molecule has 2 aromatic carbocycles. The normalized spacial score (nSPS) is 18.2. The third-order valence-corrected chi connectivity index (χ3v) is 10.2. The minimum Gasteiger partial charge on any atom is -0.492 e. The number of sulfonamides is 1. The second-order valence-electron chi connectivity index (χ2n) is 14.4. The molecule has 2 aliphatic rings. The number of aromatic nitrogens is 1. The van der Waals surface area contributed by atoms with Gasteiger partial charge in [0.05, 0.1) is 30.3 Å². The van der Waals surface area contributed by atoms with Crippen molar-refractivity contribution in [1.82, 2.24) is 19.3 Å². The summed E-state index contributed by atoms with van der Waals surface area (Å²) in [5, 5.41) is 3.96. The zero-order valence-corrected chi connectivity index (χ0v) is 29.8. The minimum atomic E-state index is -3.60. The molecule has 3 aromatic rings. The van der Waals surface area contributed by atoms with Gasteiger partial charge in [-0.2, -0.15) is 0 Å². The van der Waals surface area contributed by atoms with Crippen LogP contribution < -0.4 is 14.8 Å². The fourth-order valence-corrected chi connectivity index (χ4v) is 7.43. The summed E-state index contributed by atoms with van der Waals surface area (Å²) in [4.78, 5) is 33.7. The maximum absolute atomic E-state index is 13.8. The molecule has 0 radical (unpaired) electrons. The summed E-state index contributed by atoms with van der Waals surface area (Å²) in [7, 11) is 3.91. The van der Waals surface area contributed by atoms with Gasteiger partial charge >= 0.3 is 0 Å². The standard InChI is InChI=1S/C35H50N6O5S/c1-35(2,3)26-19-28(32(46-7)29(20-26)37-47(8,44)45)36-33(42)30-18-24-10-9-11-25(31(24)39(30)6)21-40-15-12-23(13-16-40)34(43)41-17-14-27(22-41)38(4)5/h9-11,18-20,23,27,37H,12-17,21-22H2,1-8H3,(H,36,42)/t27-/m0/s1. The average Bonchev–Trinajstić information content (AvgIpc) is 3.62. The van der Waals surface area contributed by atoms with Crippen molar-refractivity contribution in [2.45, 2.75) is 58.0 Å². The lowest BCUT2D eigenvalue weighted by molar-refractivity contribution is -0.136. The van der Waals surface area contributed by atoms with Crippen LogP contribution in [-0.2, 0) is 33.8 Å². The van der Waals surface area contributed by atoms with Crippen LogP contribution in [0.25, 0.3) is 10.9 Å². The molecule has 2 amide bonds. The van der Waals surface area contributed by atoms with Gasteiger partial charge in [-0.3, -0.25) is 19.2 Å². The first-order valence-electron chi connectivity index (χ1n) is 16.3. The maximum Gasteiger partial charge on any atom is 0.272 e. The molecule has 0 saturated carbocycles. The lowest BCUT2D eigenvalue weighted by atomic mass is 9.86. The lowest BCUT2D eigenvalue weighted by Gasteiger charge is -2.33. The summed E-state index contributed by atoms with van der Waals surface area (Å²) in [6, 6.07) is 12.0. The van der Waals surface area contributed by atoms with Crippen LogP contribution in [0.15, 0.2) is 36.4 Å². The third kappa shape index (κ3) is 7.76. The summed E-state index contributed by atoms with van der Waals surface area (Å²) in [6.07, 6.45) is 3.82. The molecule has 256 valence electrons. The molecule has 2 N–H and O–H groups in total. The van der Waals surface area contributed by atoms with Crippen LogP contribution in [0.2, 0.25) is 0 Å². The van der Waals surface area contributed by atoms with Crippen LogP contribution in [0.5, 0.6) is 5.75 Å². The van der Waals surface area contributed by atoms with Crippen LogP contribution in [-0.4, -0.2) is 99.2 Å². The number of carbonyl (C=O) groups excluding carboxylic acids is 2. The molecule has 2 fully saturated rings. The number of benzene rings is 2. The van der Waals surface area contributed by atoms with E-state index in [0.29, 0.717) is 23.3 Å². The Morgan fingerprint density at radius 2 is 1.70 bits per heavy atom. The SMILES string of the molecule is COc1c(NC(=O)c2cc3cccc(CN4CCC(C(=O)N5CC[C@H](N(C)C)C5)CC4)c3n2C)cc(C(C)(C)C)cc1NS(C)(=O)=O. The third-order valence-electron chi connectivity index (χ3n) is 9.61. The van der Waals surface area contributed by atoms with Gasteiger partial charge in [0.2, 0.25) is 15.9 Å². The number of nitrogens with zero attached hydrogens (tertiary/aromatic N) is 4. The van der Waals surface area contributed by atoms with E-state index in [-0.39, 0.29) is 28.7 Å². The Labute approximate surface area is 279 Å². The number of carbonyl (C=O) groups is 2. The highest BCUT2D eigenvalue weighted by molar-refractivity contribution is 7.92. The molecule has 5 rings (SSSR count). The van der Waals surface area contributed by atoms with Crippen molar-refractivity contribution < 1.29 is 22.7 Å². The van der Waals surface area contributed by atoms with Crippen molar-refractivity contribution in [2.75, 3.05) is 63.7 Å². The second kappa shape index (κ2) is 13.5. The number of fused-ring (bicyclic) bond motifs is 1. The molecular weight excluding hydrogens is 616 g/mol. The van der Waals surface area contributed by atoms with Gasteiger partial charge in [-0.25, -0.2) is 8.42 Å². The van der Waals surface area contributed by atoms with E-state index in [1.807, 2.05) is 56.7 Å². The molecule has 2 aliphatic heterocycles. The predicted molar refractivity (Wildman–Crippen MR) is 188 cm³/mol. The molecule has 0 spiro atoms. The topological polar surface area (TPSA) is 116 Å². The molecule has 0 aliphatic carbocycles.